The molecular weight excluding hydrogens is 236 g/mol. The third-order valence-electron chi connectivity index (χ3n) is 2.07. The van der Waals surface area contributed by atoms with Crippen LogP contribution in [0.5, 0.6) is 5.75 Å². The summed E-state index contributed by atoms with van der Waals surface area (Å²) in [6, 6.07) is 7.00. The van der Waals surface area contributed by atoms with Crippen LogP contribution in [0.2, 0.25) is 0 Å². The smallest absolute Gasteiger partial charge is 0.118 e. The van der Waals surface area contributed by atoms with Gasteiger partial charge in [-0.15, -0.1) is 0 Å². The summed E-state index contributed by atoms with van der Waals surface area (Å²) in [7, 11) is 1.61. The normalized spacial score (nSPS) is 11.2. The van der Waals surface area contributed by atoms with Crippen LogP contribution in [-0.4, -0.2) is 12.2 Å². The zero-order valence-corrected chi connectivity index (χ0v) is 11.8. The quantitative estimate of drug-likeness (QED) is 0.612. The summed E-state index contributed by atoms with van der Waals surface area (Å²) in [5.74, 6) is 1.02. The standard InChI is InChI=1S/C15H16O2.C2H6/c1-3-6-15(17-2)8-5-4-7-13-9-11-14(16)12-10-13;1-2/h3-12,16H,1H2,2H3;1-2H3/b7-4+,8-5+,15-6+;. The highest BCUT2D eigenvalue weighted by molar-refractivity contribution is 5.52. The third-order valence-corrected chi connectivity index (χ3v) is 2.07. The second-order valence-corrected chi connectivity index (χ2v) is 3.32. The number of phenolic OH excluding ortho intramolecular Hbond substituents is 1. The van der Waals surface area contributed by atoms with Gasteiger partial charge in [-0.1, -0.05) is 56.9 Å². The van der Waals surface area contributed by atoms with Crippen LogP contribution in [0.25, 0.3) is 6.08 Å². The van der Waals surface area contributed by atoms with E-state index in [-0.39, 0.29) is 5.75 Å². The molecule has 102 valence electrons. The van der Waals surface area contributed by atoms with Crippen LogP contribution in [0, 0.1) is 0 Å². The van der Waals surface area contributed by atoms with Crippen LogP contribution in [0.3, 0.4) is 0 Å². The molecule has 2 nitrogen and oxygen atoms in total. The number of methoxy groups -OCH3 is 1. The highest BCUT2D eigenvalue weighted by Crippen LogP contribution is 2.10. The Morgan fingerprint density at radius 2 is 1.79 bits per heavy atom. The first-order chi connectivity index (χ1) is 9.26. The minimum atomic E-state index is 0.272. The van der Waals surface area contributed by atoms with Crippen molar-refractivity contribution >= 4 is 6.08 Å². The Hall–Kier alpha value is -2.22. The van der Waals surface area contributed by atoms with Gasteiger partial charge in [-0.25, -0.2) is 0 Å². The molecule has 1 N–H and O–H groups in total. The van der Waals surface area contributed by atoms with Gasteiger partial charge in [0.1, 0.15) is 11.5 Å². The van der Waals surface area contributed by atoms with E-state index in [1.54, 1.807) is 31.4 Å². The van der Waals surface area contributed by atoms with E-state index in [2.05, 4.69) is 6.58 Å². The van der Waals surface area contributed by atoms with Crippen molar-refractivity contribution in [3.05, 3.63) is 72.5 Å². The topological polar surface area (TPSA) is 29.5 Å². The van der Waals surface area contributed by atoms with Crippen molar-refractivity contribution in [3.63, 3.8) is 0 Å². The molecule has 1 rings (SSSR count). The third kappa shape index (κ3) is 7.66. The van der Waals surface area contributed by atoms with Crippen molar-refractivity contribution in [3.8, 4) is 5.75 Å². The van der Waals surface area contributed by atoms with Crippen LogP contribution in [0.4, 0.5) is 0 Å². The van der Waals surface area contributed by atoms with Gasteiger partial charge in [0.2, 0.25) is 0 Å². The zero-order valence-electron chi connectivity index (χ0n) is 11.8. The Bertz CT molecular complexity index is 437. The van der Waals surface area contributed by atoms with E-state index < -0.39 is 0 Å². The van der Waals surface area contributed by atoms with Crippen molar-refractivity contribution < 1.29 is 9.84 Å². The fourth-order valence-electron chi connectivity index (χ4n) is 1.21. The predicted molar refractivity (Wildman–Crippen MR) is 82.9 cm³/mol. The van der Waals surface area contributed by atoms with Crippen LogP contribution >= 0.6 is 0 Å². The van der Waals surface area contributed by atoms with Gasteiger partial charge >= 0.3 is 0 Å². The molecule has 1 aromatic carbocycles. The van der Waals surface area contributed by atoms with Gasteiger partial charge in [-0.05, 0) is 29.8 Å². The Morgan fingerprint density at radius 3 is 2.32 bits per heavy atom. The number of benzene rings is 1. The highest BCUT2D eigenvalue weighted by atomic mass is 16.5. The van der Waals surface area contributed by atoms with Crippen LogP contribution in [0.15, 0.2) is 67.0 Å². The predicted octanol–water partition coefficient (Wildman–Crippen LogP) is 4.70. The van der Waals surface area contributed by atoms with Gasteiger partial charge in [0.25, 0.3) is 0 Å². The number of hydrogen-bond donors (Lipinski definition) is 1. The minimum absolute atomic E-state index is 0.272. The zero-order chi connectivity index (χ0) is 14.5. The Labute approximate surface area is 116 Å². The maximum absolute atomic E-state index is 9.12. The molecule has 0 unspecified atom stereocenters. The lowest BCUT2D eigenvalue weighted by Crippen LogP contribution is -1.79. The van der Waals surface area contributed by atoms with E-state index >= 15 is 0 Å². The summed E-state index contributed by atoms with van der Waals surface area (Å²) in [6.45, 7) is 7.60. The fraction of sp³-hybridized carbons (Fsp3) is 0.176. The molecule has 0 atom stereocenters. The van der Waals surface area contributed by atoms with E-state index in [9.17, 15) is 0 Å². The molecule has 0 radical (unpaired) electrons. The highest BCUT2D eigenvalue weighted by Gasteiger charge is 1.87. The van der Waals surface area contributed by atoms with Gasteiger partial charge in [0.15, 0.2) is 0 Å². The average molecular weight is 258 g/mol. The average Bonchev–Trinajstić information content (AvgIpc) is 2.46. The van der Waals surface area contributed by atoms with Crippen LogP contribution < -0.4 is 0 Å². The summed E-state index contributed by atoms with van der Waals surface area (Å²) < 4.78 is 5.09. The summed E-state index contributed by atoms with van der Waals surface area (Å²) in [5.41, 5.74) is 1.03. The van der Waals surface area contributed by atoms with Crippen molar-refractivity contribution in [2.24, 2.45) is 0 Å². The molecule has 0 saturated carbocycles. The molecule has 0 aliphatic carbocycles. The molecule has 1 aromatic rings. The largest absolute Gasteiger partial charge is 0.508 e. The molecule has 2 heteroatoms. The second kappa shape index (κ2) is 10.9. The van der Waals surface area contributed by atoms with E-state index in [1.807, 2.05) is 50.3 Å². The number of aromatic hydroxyl groups is 1. The monoisotopic (exact) mass is 258 g/mol. The first kappa shape index (κ1) is 16.8. The lowest BCUT2D eigenvalue weighted by atomic mass is 10.2. The lowest BCUT2D eigenvalue weighted by Gasteiger charge is -1.96. The molecule has 0 spiro atoms. The molecule has 0 aliphatic heterocycles. The number of hydrogen-bond acceptors (Lipinski definition) is 2. The van der Waals surface area contributed by atoms with Gasteiger partial charge in [-0.2, -0.15) is 0 Å². The van der Waals surface area contributed by atoms with Gasteiger partial charge in [0, 0.05) is 0 Å². The summed E-state index contributed by atoms with van der Waals surface area (Å²) in [4.78, 5) is 0. The van der Waals surface area contributed by atoms with Crippen molar-refractivity contribution in [2.45, 2.75) is 13.8 Å². The van der Waals surface area contributed by atoms with Gasteiger partial charge in [0.05, 0.1) is 7.11 Å². The van der Waals surface area contributed by atoms with Crippen molar-refractivity contribution in [1.82, 2.24) is 0 Å². The van der Waals surface area contributed by atoms with E-state index in [0.717, 1.165) is 11.3 Å². The van der Waals surface area contributed by atoms with Gasteiger partial charge < -0.3 is 9.84 Å². The number of ether oxygens (including phenoxy) is 1. The van der Waals surface area contributed by atoms with Crippen LogP contribution in [0.1, 0.15) is 19.4 Å². The molecule has 0 aliphatic rings. The second-order valence-electron chi connectivity index (χ2n) is 3.32. The van der Waals surface area contributed by atoms with Crippen LogP contribution in [-0.2, 0) is 4.74 Å². The molecular formula is C17H22O2. The molecule has 0 amide bonds. The molecule has 0 aromatic heterocycles. The number of phenols is 1. The van der Waals surface area contributed by atoms with E-state index in [1.165, 1.54) is 0 Å². The summed E-state index contributed by atoms with van der Waals surface area (Å²) in [5, 5.41) is 9.12. The maximum Gasteiger partial charge on any atom is 0.118 e. The molecule has 0 saturated heterocycles. The van der Waals surface area contributed by atoms with Crippen molar-refractivity contribution in [1.29, 1.82) is 0 Å². The minimum Gasteiger partial charge on any atom is -0.508 e. The fourth-order valence-corrected chi connectivity index (χ4v) is 1.21. The van der Waals surface area contributed by atoms with E-state index in [0.29, 0.717) is 0 Å². The SMILES string of the molecule is C=C\C=C(/C=C/C=C/c1ccc(O)cc1)OC.CC. The number of rotatable bonds is 5. The molecule has 0 heterocycles. The summed E-state index contributed by atoms with van der Waals surface area (Å²) in [6.07, 6.45) is 11.0. The van der Waals surface area contributed by atoms with Gasteiger partial charge in [-0.3, -0.25) is 0 Å². The molecule has 19 heavy (non-hydrogen) atoms. The first-order valence-electron chi connectivity index (χ1n) is 6.26. The Balaban J connectivity index is 0.00000154. The summed E-state index contributed by atoms with van der Waals surface area (Å²) >= 11 is 0. The molecule has 0 bridgehead atoms. The Kier molecular flexibility index (Phi) is 9.63. The number of allylic oxidation sites excluding steroid dienone is 5. The molecule has 0 fully saturated rings. The van der Waals surface area contributed by atoms with E-state index in [4.69, 9.17) is 9.84 Å². The maximum atomic E-state index is 9.12. The Morgan fingerprint density at radius 1 is 1.16 bits per heavy atom. The lowest BCUT2D eigenvalue weighted by molar-refractivity contribution is 0.307. The first-order valence-corrected chi connectivity index (χ1v) is 6.26. The van der Waals surface area contributed by atoms with Crippen molar-refractivity contribution in [2.75, 3.05) is 7.11 Å².